The molecule has 0 saturated heterocycles. The van der Waals surface area contributed by atoms with E-state index < -0.39 is 0 Å². The van der Waals surface area contributed by atoms with Gasteiger partial charge in [0.05, 0.1) is 5.56 Å². The van der Waals surface area contributed by atoms with Crippen LogP contribution >= 0.6 is 15.9 Å². The number of carbonyl (C=O) groups is 2. The standard InChI is InChI=1S/C24H17BrO4/c1-15-3-2-4-16(11-15)12-23-24(27)20-10-9-19(13-22(20)29-23)28-14-21(26)17-5-7-18(25)8-6-17/h2-13H,14H2,1H3/b23-12-. The van der Waals surface area contributed by atoms with Gasteiger partial charge in [-0.15, -0.1) is 0 Å². The van der Waals surface area contributed by atoms with Crippen molar-refractivity contribution >= 4 is 33.6 Å². The molecule has 0 saturated carbocycles. The molecule has 4 nitrogen and oxygen atoms in total. The number of ketones is 2. The molecule has 0 N–H and O–H groups in total. The van der Waals surface area contributed by atoms with Crippen molar-refractivity contribution in [2.45, 2.75) is 6.92 Å². The molecule has 29 heavy (non-hydrogen) atoms. The summed E-state index contributed by atoms with van der Waals surface area (Å²) in [5, 5.41) is 0. The van der Waals surface area contributed by atoms with E-state index in [4.69, 9.17) is 9.47 Å². The molecule has 1 heterocycles. The highest BCUT2D eigenvalue weighted by Crippen LogP contribution is 2.35. The molecule has 0 atom stereocenters. The van der Waals surface area contributed by atoms with Crippen LogP contribution in [-0.2, 0) is 0 Å². The summed E-state index contributed by atoms with van der Waals surface area (Å²) in [6.45, 7) is 1.90. The van der Waals surface area contributed by atoms with Crippen LogP contribution in [0.1, 0.15) is 31.8 Å². The Morgan fingerprint density at radius 2 is 1.86 bits per heavy atom. The molecule has 144 valence electrons. The van der Waals surface area contributed by atoms with Crippen molar-refractivity contribution in [2.75, 3.05) is 6.61 Å². The molecule has 3 aromatic carbocycles. The molecule has 0 bridgehead atoms. The number of hydrogen-bond donors (Lipinski definition) is 0. The van der Waals surface area contributed by atoms with Gasteiger partial charge in [-0.2, -0.15) is 0 Å². The summed E-state index contributed by atoms with van der Waals surface area (Å²) >= 11 is 3.34. The summed E-state index contributed by atoms with van der Waals surface area (Å²) in [4.78, 5) is 24.8. The molecule has 1 aliphatic heterocycles. The summed E-state index contributed by atoms with van der Waals surface area (Å²) in [5.41, 5.74) is 3.06. The SMILES string of the molecule is Cc1cccc(/C=C2\Oc3cc(OCC(=O)c4ccc(Br)cc4)ccc3C2=O)c1. The first-order valence-electron chi connectivity index (χ1n) is 9.06. The van der Waals surface area contributed by atoms with Crippen molar-refractivity contribution in [1.29, 1.82) is 0 Å². The second-order valence-corrected chi connectivity index (χ2v) is 7.65. The molecule has 0 aliphatic carbocycles. The predicted molar refractivity (Wildman–Crippen MR) is 115 cm³/mol. The zero-order valence-electron chi connectivity index (χ0n) is 15.6. The quantitative estimate of drug-likeness (QED) is 0.374. The van der Waals surface area contributed by atoms with Gasteiger partial charge in [0.1, 0.15) is 11.5 Å². The van der Waals surface area contributed by atoms with Crippen LogP contribution in [0, 0.1) is 6.92 Å². The Labute approximate surface area is 176 Å². The predicted octanol–water partition coefficient (Wildman–Crippen LogP) is 5.64. The number of fused-ring (bicyclic) bond motifs is 1. The van der Waals surface area contributed by atoms with E-state index in [9.17, 15) is 9.59 Å². The van der Waals surface area contributed by atoms with E-state index in [0.717, 1.165) is 15.6 Å². The van der Waals surface area contributed by atoms with E-state index >= 15 is 0 Å². The Morgan fingerprint density at radius 1 is 1.07 bits per heavy atom. The second kappa shape index (κ2) is 8.05. The first-order chi connectivity index (χ1) is 14.0. The first-order valence-corrected chi connectivity index (χ1v) is 9.85. The fourth-order valence-corrected chi connectivity index (χ4v) is 3.30. The van der Waals surface area contributed by atoms with Crippen LogP contribution in [0.2, 0.25) is 0 Å². The summed E-state index contributed by atoms with van der Waals surface area (Å²) in [6.07, 6.45) is 1.73. The van der Waals surface area contributed by atoms with Gasteiger partial charge in [-0.05, 0) is 42.8 Å². The lowest BCUT2D eigenvalue weighted by molar-refractivity contribution is 0.0921. The minimum Gasteiger partial charge on any atom is -0.485 e. The van der Waals surface area contributed by atoms with Crippen molar-refractivity contribution in [1.82, 2.24) is 0 Å². The summed E-state index contributed by atoms with van der Waals surface area (Å²) < 4.78 is 12.3. The fourth-order valence-electron chi connectivity index (χ4n) is 3.04. The van der Waals surface area contributed by atoms with Crippen molar-refractivity contribution in [2.24, 2.45) is 0 Å². The van der Waals surface area contributed by atoms with E-state index in [0.29, 0.717) is 22.6 Å². The Bertz CT molecular complexity index is 1130. The maximum absolute atomic E-state index is 12.6. The number of ether oxygens (including phenoxy) is 2. The van der Waals surface area contributed by atoms with Gasteiger partial charge < -0.3 is 9.47 Å². The molecule has 4 rings (SSSR count). The van der Waals surface area contributed by atoms with Crippen molar-refractivity contribution < 1.29 is 19.1 Å². The highest BCUT2D eigenvalue weighted by molar-refractivity contribution is 9.10. The largest absolute Gasteiger partial charge is 0.485 e. The van der Waals surface area contributed by atoms with E-state index in [1.54, 1.807) is 36.4 Å². The lowest BCUT2D eigenvalue weighted by atomic mass is 10.1. The van der Waals surface area contributed by atoms with Gasteiger partial charge in [-0.25, -0.2) is 0 Å². The average molecular weight is 449 g/mol. The van der Waals surface area contributed by atoms with Crippen LogP contribution < -0.4 is 9.47 Å². The van der Waals surface area contributed by atoms with Crippen LogP contribution in [0.3, 0.4) is 0 Å². The number of aryl methyl sites for hydroxylation is 1. The molecule has 0 amide bonds. The lowest BCUT2D eigenvalue weighted by Crippen LogP contribution is -2.11. The van der Waals surface area contributed by atoms with Crippen LogP contribution in [0.5, 0.6) is 11.5 Å². The van der Waals surface area contributed by atoms with E-state index in [1.807, 2.05) is 43.3 Å². The number of benzene rings is 3. The zero-order chi connectivity index (χ0) is 20.4. The van der Waals surface area contributed by atoms with Gasteiger partial charge >= 0.3 is 0 Å². The highest BCUT2D eigenvalue weighted by atomic mass is 79.9. The molecule has 0 unspecified atom stereocenters. The van der Waals surface area contributed by atoms with Crippen molar-refractivity contribution in [3.8, 4) is 11.5 Å². The van der Waals surface area contributed by atoms with Gasteiger partial charge in [0.2, 0.25) is 5.78 Å². The zero-order valence-corrected chi connectivity index (χ0v) is 17.2. The monoisotopic (exact) mass is 448 g/mol. The van der Waals surface area contributed by atoms with Gasteiger partial charge in [-0.3, -0.25) is 9.59 Å². The third-order valence-corrected chi connectivity index (χ3v) is 5.05. The number of Topliss-reactive ketones (excluding diaryl/α,β-unsaturated/α-hetero) is 2. The normalized spacial score (nSPS) is 13.9. The number of allylic oxidation sites excluding steroid dienone is 1. The molecular formula is C24H17BrO4. The maximum Gasteiger partial charge on any atom is 0.231 e. The number of carbonyl (C=O) groups excluding carboxylic acids is 2. The molecule has 0 fully saturated rings. The lowest BCUT2D eigenvalue weighted by Gasteiger charge is -2.07. The first kappa shape index (κ1) is 19.2. The maximum atomic E-state index is 12.6. The molecule has 5 heteroatoms. The summed E-state index contributed by atoms with van der Waals surface area (Å²) in [5.74, 6) is 0.879. The van der Waals surface area contributed by atoms with Crippen LogP contribution in [0.15, 0.2) is 77.0 Å². The van der Waals surface area contributed by atoms with Gasteiger partial charge in [0.15, 0.2) is 18.1 Å². The molecule has 0 spiro atoms. The summed E-state index contributed by atoms with van der Waals surface area (Å²) in [7, 11) is 0. The third-order valence-electron chi connectivity index (χ3n) is 4.52. The highest BCUT2D eigenvalue weighted by Gasteiger charge is 2.27. The number of halogens is 1. The van der Waals surface area contributed by atoms with Gasteiger partial charge in [0.25, 0.3) is 0 Å². The van der Waals surface area contributed by atoms with Crippen molar-refractivity contribution in [3.05, 3.63) is 99.2 Å². The Balaban J connectivity index is 1.47. The minimum atomic E-state index is -0.168. The molecule has 0 aromatic heterocycles. The Hall–Kier alpha value is -3.18. The topological polar surface area (TPSA) is 52.6 Å². The average Bonchev–Trinajstić information content (AvgIpc) is 3.01. The van der Waals surface area contributed by atoms with Crippen LogP contribution in [-0.4, -0.2) is 18.2 Å². The van der Waals surface area contributed by atoms with E-state index in [1.165, 1.54) is 0 Å². The van der Waals surface area contributed by atoms with Crippen LogP contribution in [0.25, 0.3) is 6.08 Å². The van der Waals surface area contributed by atoms with Gasteiger partial charge in [0, 0.05) is 16.1 Å². The second-order valence-electron chi connectivity index (χ2n) is 6.73. The van der Waals surface area contributed by atoms with Crippen molar-refractivity contribution in [3.63, 3.8) is 0 Å². The number of rotatable bonds is 5. The Morgan fingerprint density at radius 3 is 2.62 bits per heavy atom. The van der Waals surface area contributed by atoms with Gasteiger partial charge in [-0.1, -0.05) is 57.9 Å². The Kier molecular flexibility index (Phi) is 5.32. The third kappa shape index (κ3) is 4.30. The molecule has 0 radical (unpaired) electrons. The van der Waals surface area contributed by atoms with E-state index in [-0.39, 0.29) is 23.9 Å². The van der Waals surface area contributed by atoms with E-state index in [2.05, 4.69) is 15.9 Å². The fraction of sp³-hybridized carbons (Fsp3) is 0.0833. The number of hydrogen-bond acceptors (Lipinski definition) is 4. The minimum absolute atomic E-state index is 0.0969. The smallest absolute Gasteiger partial charge is 0.231 e. The summed E-state index contributed by atoms with van der Waals surface area (Å²) in [6, 6.07) is 19.9. The molecular weight excluding hydrogens is 432 g/mol. The molecule has 1 aliphatic rings. The molecule has 3 aromatic rings. The van der Waals surface area contributed by atoms with Crippen LogP contribution in [0.4, 0.5) is 0 Å².